The summed E-state index contributed by atoms with van der Waals surface area (Å²) in [5.41, 5.74) is 0.833. The number of hydrogen-bond donors (Lipinski definition) is 1. The highest BCUT2D eigenvalue weighted by Crippen LogP contribution is 2.18. The van der Waals surface area contributed by atoms with E-state index < -0.39 is 0 Å². The van der Waals surface area contributed by atoms with Gasteiger partial charge in [-0.2, -0.15) is 0 Å². The number of aromatic nitrogens is 1. The Morgan fingerprint density at radius 1 is 1.35 bits per heavy atom. The standard InChI is InChI=1S/C15H19FN2OS/c1-11(2)7-17-8-15-18-12(10-20-15)9-19-14-6-4-3-5-13(14)16/h3-6,10-11,17H,7-9H2,1-2H3. The third-order valence-corrected chi connectivity index (χ3v) is 3.54. The molecule has 0 amide bonds. The zero-order valence-electron chi connectivity index (χ0n) is 11.7. The molecule has 2 aromatic rings. The second-order valence-corrected chi connectivity index (χ2v) is 5.92. The largest absolute Gasteiger partial charge is 0.484 e. The fourth-order valence-electron chi connectivity index (χ4n) is 1.68. The van der Waals surface area contributed by atoms with Crippen molar-refractivity contribution >= 4 is 11.3 Å². The van der Waals surface area contributed by atoms with Crippen LogP contribution in [0, 0.1) is 11.7 Å². The van der Waals surface area contributed by atoms with Gasteiger partial charge in [-0.1, -0.05) is 26.0 Å². The minimum Gasteiger partial charge on any atom is -0.484 e. The third kappa shape index (κ3) is 4.58. The lowest BCUT2D eigenvalue weighted by Gasteiger charge is -2.05. The molecule has 1 N–H and O–H groups in total. The molecule has 0 saturated heterocycles. The van der Waals surface area contributed by atoms with E-state index >= 15 is 0 Å². The molecule has 1 aromatic carbocycles. The molecule has 0 bridgehead atoms. The molecule has 0 saturated carbocycles. The minimum absolute atomic E-state index is 0.264. The Kier molecular flexibility index (Phi) is 5.49. The van der Waals surface area contributed by atoms with Crippen molar-refractivity contribution in [2.75, 3.05) is 6.54 Å². The lowest BCUT2D eigenvalue weighted by atomic mass is 10.2. The van der Waals surface area contributed by atoms with E-state index in [-0.39, 0.29) is 11.6 Å². The van der Waals surface area contributed by atoms with Crippen molar-refractivity contribution in [2.45, 2.75) is 27.0 Å². The van der Waals surface area contributed by atoms with E-state index in [9.17, 15) is 4.39 Å². The summed E-state index contributed by atoms with van der Waals surface area (Å²) >= 11 is 1.59. The minimum atomic E-state index is -0.346. The number of rotatable bonds is 7. The maximum absolute atomic E-state index is 13.4. The zero-order chi connectivity index (χ0) is 14.4. The molecule has 2 rings (SSSR count). The lowest BCUT2D eigenvalue weighted by molar-refractivity contribution is 0.286. The smallest absolute Gasteiger partial charge is 0.165 e. The lowest BCUT2D eigenvalue weighted by Crippen LogP contribution is -2.18. The SMILES string of the molecule is CC(C)CNCc1nc(COc2ccccc2F)cs1. The van der Waals surface area contributed by atoms with Gasteiger partial charge >= 0.3 is 0 Å². The van der Waals surface area contributed by atoms with Crippen molar-refractivity contribution < 1.29 is 9.13 Å². The number of hydrogen-bond acceptors (Lipinski definition) is 4. The summed E-state index contributed by atoms with van der Waals surface area (Å²) in [4.78, 5) is 4.46. The van der Waals surface area contributed by atoms with Crippen molar-refractivity contribution in [3.8, 4) is 5.75 Å². The zero-order valence-corrected chi connectivity index (χ0v) is 12.5. The summed E-state index contributed by atoms with van der Waals surface area (Å²) in [5, 5.41) is 6.32. The van der Waals surface area contributed by atoms with Crippen LogP contribution >= 0.6 is 11.3 Å². The Morgan fingerprint density at radius 3 is 2.90 bits per heavy atom. The molecule has 5 heteroatoms. The predicted octanol–water partition coefficient (Wildman–Crippen LogP) is 3.61. The molecular formula is C15H19FN2OS. The van der Waals surface area contributed by atoms with Crippen LogP contribution in [0.4, 0.5) is 4.39 Å². The van der Waals surface area contributed by atoms with Crippen molar-refractivity contribution in [1.29, 1.82) is 0 Å². The summed E-state index contributed by atoms with van der Waals surface area (Å²) in [6, 6.07) is 6.40. The number of para-hydroxylation sites is 1. The number of nitrogens with zero attached hydrogens (tertiary/aromatic N) is 1. The second kappa shape index (κ2) is 7.36. The van der Waals surface area contributed by atoms with Crippen molar-refractivity contribution in [3.05, 3.63) is 46.2 Å². The number of nitrogens with one attached hydrogen (secondary N) is 1. The predicted molar refractivity (Wildman–Crippen MR) is 79.4 cm³/mol. The second-order valence-electron chi connectivity index (χ2n) is 4.98. The van der Waals surface area contributed by atoms with Gasteiger partial charge in [-0.25, -0.2) is 9.37 Å². The fraction of sp³-hybridized carbons (Fsp3) is 0.400. The monoisotopic (exact) mass is 294 g/mol. The van der Waals surface area contributed by atoms with E-state index in [1.165, 1.54) is 6.07 Å². The molecule has 1 heterocycles. The average Bonchev–Trinajstić information content (AvgIpc) is 2.85. The van der Waals surface area contributed by atoms with E-state index in [1.54, 1.807) is 29.5 Å². The average molecular weight is 294 g/mol. The van der Waals surface area contributed by atoms with Crippen LogP contribution in [0.3, 0.4) is 0 Å². The Bertz CT molecular complexity index is 542. The Balaban J connectivity index is 1.82. The third-order valence-electron chi connectivity index (χ3n) is 2.64. The van der Waals surface area contributed by atoms with Crippen LogP contribution in [0.25, 0.3) is 0 Å². The summed E-state index contributed by atoms with van der Waals surface area (Å²) in [7, 11) is 0. The first-order valence-electron chi connectivity index (χ1n) is 6.66. The van der Waals surface area contributed by atoms with Crippen molar-refractivity contribution in [1.82, 2.24) is 10.3 Å². The van der Waals surface area contributed by atoms with Crippen LogP contribution < -0.4 is 10.1 Å². The van der Waals surface area contributed by atoms with Gasteiger partial charge < -0.3 is 10.1 Å². The molecule has 0 aliphatic rings. The fourth-order valence-corrected chi connectivity index (χ4v) is 2.43. The molecule has 0 unspecified atom stereocenters. The summed E-state index contributed by atoms with van der Waals surface area (Å²) in [6.45, 7) is 6.37. The maximum atomic E-state index is 13.4. The van der Waals surface area contributed by atoms with E-state index in [4.69, 9.17) is 4.74 Å². The van der Waals surface area contributed by atoms with Crippen LogP contribution in [0.5, 0.6) is 5.75 Å². The molecule has 1 aromatic heterocycles. The quantitative estimate of drug-likeness (QED) is 0.847. The van der Waals surface area contributed by atoms with Crippen LogP contribution in [0.2, 0.25) is 0 Å². The van der Waals surface area contributed by atoms with Crippen LogP contribution in [0.15, 0.2) is 29.6 Å². The van der Waals surface area contributed by atoms with E-state index in [0.29, 0.717) is 12.5 Å². The Hall–Kier alpha value is -1.46. The highest BCUT2D eigenvalue weighted by molar-refractivity contribution is 7.09. The van der Waals surface area contributed by atoms with E-state index in [2.05, 4.69) is 24.1 Å². The van der Waals surface area contributed by atoms with Crippen LogP contribution in [-0.4, -0.2) is 11.5 Å². The van der Waals surface area contributed by atoms with Gasteiger partial charge in [-0.15, -0.1) is 11.3 Å². The topological polar surface area (TPSA) is 34.2 Å². The number of benzene rings is 1. The highest BCUT2D eigenvalue weighted by Gasteiger charge is 2.05. The van der Waals surface area contributed by atoms with E-state index in [1.807, 2.05) is 5.38 Å². The first-order chi connectivity index (χ1) is 9.65. The van der Waals surface area contributed by atoms with Gasteiger partial charge in [0.25, 0.3) is 0 Å². The normalized spacial score (nSPS) is 11.0. The molecule has 108 valence electrons. The van der Waals surface area contributed by atoms with Gasteiger partial charge in [0.1, 0.15) is 11.6 Å². The van der Waals surface area contributed by atoms with Gasteiger partial charge in [-0.05, 0) is 24.6 Å². The Morgan fingerprint density at radius 2 is 2.15 bits per heavy atom. The summed E-state index contributed by atoms with van der Waals surface area (Å²) in [6.07, 6.45) is 0. The van der Waals surface area contributed by atoms with Crippen molar-refractivity contribution in [2.24, 2.45) is 5.92 Å². The Labute approximate surface area is 122 Å². The number of ether oxygens (including phenoxy) is 1. The van der Waals surface area contributed by atoms with Gasteiger partial charge in [-0.3, -0.25) is 0 Å². The molecule has 0 fully saturated rings. The maximum Gasteiger partial charge on any atom is 0.165 e. The van der Waals surface area contributed by atoms with Crippen LogP contribution in [0.1, 0.15) is 24.5 Å². The summed E-state index contributed by atoms with van der Waals surface area (Å²) < 4.78 is 18.8. The van der Waals surface area contributed by atoms with Crippen LogP contribution in [-0.2, 0) is 13.2 Å². The molecule has 0 aliphatic carbocycles. The number of halogens is 1. The summed E-state index contributed by atoms with van der Waals surface area (Å²) in [5.74, 6) is 0.542. The molecule has 0 aliphatic heterocycles. The van der Waals surface area contributed by atoms with Crippen molar-refractivity contribution in [3.63, 3.8) is 0 Å². The van der Waals surface area contributed by atoms with Gasteiger partial charge in [0.05, 0.1) is 5.69 Å². The highest BCUT2D eigenvalue weighted by atomic mass is 32.1. The molecule has 20 heavy (non-hydrogen) atoms. The molecule has 0 radical (unpaired) electrons. The van der Waals surface area contributed by atoms with E-state index in [0.717, 1.165) is 23.8 Å². The molecular weight excluding hydrogens is 275 g/mol. The van der Waals surface area contributed by atoms with Gasteiger partial charge in [0.2, 0.25) is 0 Å². The molecule has 3 nitrogen and oxygen atoms in total. The van der Waals surface area contributed by atoms with Gasteiger partial charge in [0, 0.05) is 11.9 Å². The molecule has 0 atom stereocenters. The first kappa shape index (κ1) is 14.9. The first-order valence-corrected chi connectivity index (χ1v) is 7.54. The molecule has 0 spiro atoms. The van der Waals surface area contributed by atoms with Gasteiger partial charge in [0.15, 0.2) is 11.6 Å². The number of thiazole rings is 1.